The zero-order valence-corrected chi connectivity index (χ0v) is 16.7. The third-order valence-electron chi connectivity index (χ3n) is 4.67. The fourth-order valence-electron chi connectivity index (χ4n) is 3.24. The van der Waals surface area contributed by atoms with Crippen LogP contribution >= 0.6 is 11.6 Å². The van der Waals surface area contributed by atoms with E-state index in [-0.39, 0.29) is 0 Å². The van der Waals surface area contributed by atoms with E-state index < -0.39 is 0 Å². The van der Waals surface area contributed by atoms with E-state index in [0.29, 0.717) is 17.4 Å². The van der Waals surface area contributed by atoms with Gasteiger partial charge in [0.2, 0.25) is 0 Å². The standard InChI is InChI=1S/C25H21ClO2/c1-3-27-20-14-12-19(13-15-20)25-23(26)16-22(18-10-8-17(2)9-11-18)21-6-4-5-7-24(21)28-25/h4-16H,3H2,1-2H3. The number of allylic oxidation sites excluding steroid dienone is 2. The van der Waals surface area contributed by atoms with E-state index in [1.165, 1.54) is 5.56 Å². The Morgan fingerprint density at radius 1 is 0.857 bits per heavy atom. The number of rotatable bonds is 4. The van der Waals surface area contributed by atoms with Crippen LogP contribution in [0.5, 0.6) is 11.5 Å². The summed E-state index contributed by atoms with van der Waals surface area (Å²) in [4.78, 5) is 0. The second-order valence-corrected chi connectivity index (χ2v) is 7.06. The van der Waals surface area contributed by atoms with E-state index >= 15 is 0 Å². The molecule has 1 heterocycles. The van der Waals surface area contributed by atoms with Crippen LogP contribution in [-0.2, 0) is 0 Å². The number of halogens is 1. The molecule has 0 atom stereocenters. The van der Waals surface area contributed by atoms with E-state index in [0.717, 1.165) is 33.8 Å². The Labute approximate surface area is 170 Å². The quantitative estimate of drug-likeness (QED) is 0.487. The molecule has 3 aromatic rings. The van der Waals surface area contributed by atoms with Crippen molar-refractivity contribution in [2.24, 2.45) is 0 Å². The maximum atomic E-state index is 6.74. The first-order valence-corrected chi connectivity index (χ1v) is 9.72. The molecule has 3 aromatic carbocycles. The molecule has 1 aliphatic heterocycles. The summed E-state index contributed by atoms with van der Waals surface area (Å²) in [7, 11) is 0. The van der Waals surface area contributed by atoms with Gasteiger partial charge in [-0.2, -0.15) is 0 Å². The Kier molecular flexibility index (Phi) is 5.23. The Bertz CT molecular complexity index is 1040. The van der Waals surface area contributed by atoms with Gasteiger partial charge in [-0.25, -0.2) is 0 Å². The molecule has 0 radical (unpaired) electrons. The van der Waals surface area contributed by atoms with Gasteiger partial charge in [-0.3, -0.25) is 0 Å². The Morgan fingerprint density at radius 2 is 1.54 bits per heavy atom. The van der Waals surface area contributed by atoms with Gasteiger partial charge in [-0.05, 0) is 61.4 Å². The minimum atomic E-state index is 0.566. The van der Waals surface area contributed by atoms with Crippen molar-refractivity contribution < 1.29 is 9.47 Å². The van der Waals surface area contributed by atoms with Gasteiger partial charge in [0, 0.05) is 11.1 Å². The number of hydrogen-bond acceptors (Lipinski definition) is 2. The van der Waals surface area contributed by atoms with Crippen LogP contribution in [0.2, 0.25) is 0 Å². The maximum Gasteiger partial charge on any atom is 0.153 e. The maximum absolute atomic E-state index is 6.74. The molecule has 0 saturated heterocycles. The van der Waals surface area contributed by atoms with Crippen molar-refractivity contribution in [3.05, 3.63) is 106 Å². The summed E-state index contributed by atoms with van der Waals surface area (Å²) >= 11 is 6.74. The average molecular weight is 389 g/mol. The molecule has 0 bridgehead atoms. The summed E-state index contributed by atoms with van der Waals surface area (Å²) in [5.41, 5.74) is 5.30. The van der Waals surface area contributed by atoms with Crippen molar-refractivity contribution in [1.82, 2.24) is 0 Å². The van der Waals surface area contributed by atoms with E-state index in [2.05, 4.69) is 37.3 Å². The summed E-state index contributed by atoms with van der Waals surface area (Å²) < 4.78 is 11.8. The molecule has 0 amide bonds. The van der Waals surface area contributed by atoms with Crippen molar-refractivity contribution in [2.45, 2.75) is 13.8 Å². The van der Waals surface area contributed by atoms with Gasteiger partial charge in [-0.1, -0.05) is 59.6 Å². The van der Waals surface area contributed by atoms with Gasteiger partial charge >= 0.3 is 0 Å². The zero-order valence-electron chi connectivity index (χ0n) is 15.9. The monoisotopic (exact) mass is 388 g/mol. The van der Waals surface area contributed by atoms with Crippen molar-refractivity contribution in [1.29, 1.82) is 0 Å². The Balaban J connectivity index is 1.83. The molecule has 4 rings (SSSR count). The summed E-state index contributed by atoms with van der Waals surface area (Å²) in [6, 6.07) is 24.3. The van der Waals surface area contributed by atoms with Gasteiger partial charge in [0.25, 0.3) is 0 Å². The lowest BCUT2D eigenvalue weighted by Gasteiger charge is -2.14. The molecule has 0 fully saturated rings. The highest BCUT2D eigenvalue weighted by molar-refractivity contribution is 6.34. The minimum Gasteiger partial charge on any atom is -0.494 e. The highest BCUT2D eigenvalue weighted by atomic mass is 35.5. The molecule has 3 heteroatoms. The van der Waals surface area contributed by atoms with E-state index in [1.807, 2.05) is 55.5 Å². The van der Waals surface area contributed by atoms with Crippen LogP contribution in [0.25, 0.3) is 11.3 Å². The number of ether oxygens (including phenoxy) is 2. The number of fused-ring (bicyclic) bond motifs is 1. The van der Waals surface area contributed by atoms with Gasteiger partial charge in [0.05, 0.1) is 11.6 Å². The lowest BCUT2D eigenvalue weighted by molar-refractivity contribution is 0.340. The number of para-hydroxylation sites is 1. The first-order valence-electron chi connectivity index (χ1n) is 9.34. The first kappa shape index (κ1) is 18.4. The normalized spacial score (nSPS) is 13.3. The van der Waals surface area contributed by atoms with Crippen molar-refractivity contribution >= 4 is 22.9 Å². The molecular weight excluding hydrogens is 368 g/mol. The van der Waals surface area contributed by atoms with E-state index in [9.17, 15) is 0 Å². The number of benzene rings is 3. The first-order chi connectivity index (χ1) is 13.7. The number of hydrogen-bond donors (Lipinski definition) is 0. The van der Waals surface area contributed by atoms with Crippen LogP contribution in [-0.4, -0.2) is 6.61 Å². The third kappa shape index (κ3) is 3.69. The molecular formula is C25H21ClO2. The van der Waals surface area contributed by atoms with E-state index in [1.54, 1.807) is 0 Å². The summed E-state index contributed by atoms with van der Waals surface area (Å²) in [5, 5.41) is 0.566. The zero-order chi connectivity index (χ0) is 19.5. The molecule has 0 N–H and O–H groups in total. The van der Waals surface area contributed by atoms with Crippen LogP contribution in [0.1, 0.15) is 29.2 Å². The van der Waals surface area contributed by atoms with Crippen LogP contribution in [0.15, 0.2) is 83.9 Å². The lowest BCUT2D eigenvalue weighted by atomic mass is 9.96. The Hall–Kier alpha value is -2.97. The fourth-order valence-corrected chi connectivity index (χ4v) is 3.50. The largest absolute Gasteiger partial charge is 0.494 e. The van der Waals surface area contributed by atoms with Crippen molar-refractivity contribution in [3.63, 3.8) is 0 Å². The Morgan fingerprint density at radius 3 is 2.25 bits per heavy atom. The van der Waals surface area contributed by atoms with Crippen molar-refractivity contribution in [2.75, 3.05) is 6.61 Å². The fraction of sp³-hybridized carbons (Fsp3) is 0.120. The minimum absolute atomic E-state index is 0.566. The SMILES string of the molecule is CCOc1ccc(C2=C(Cl)C=C(c3ccc(C)cc3)c3ccccc3O2)cc1. The van der Waals surface area contributed by atoms with Gasteiger partial charge in [0.1, 0.15) is 11.5 Å². The molecule has 0 saturated carbocycles. The highest BCUT2D eigenvalue weighted by Crippen LogP contribution is 2.39. The topological polar surface area (TPSA) is 18.5 Å². The van der Waals surface area contributed by atoms with Gasteiger partial charge < -0.3 is 9.47 Å². The molecule has 0 spiro atoms. The second kappa shape index (κ2) is 7.95. The summed E-state index contributed by atoms with van der Waals surface area (Å²) in [5.74, 6) is 2.25. The number of aryl methyl sites for hydroxylation is 1. The van der Waals surface area contributed by atoms with Gasteiger partial charge in [0.15, 0.2) is 5.76 Å². The predicted molar refractivity (Wildman–Crippen MR) is 116 cm³/mol. The summed E-state index contributed by atoms with van der Waals surface area (Å²) in [6.45, 7) is 4.69. The predicted octanol–water partition coefficient (Wildman–Crippen LogP) is 6.83. The van der Waals surface area contributed by atoms with Crippen LogP contribution in [0.3, 0.4) is 0 Å². The lowest BCUT2D eigenvalue weighted by Crippen LogP contribution is -1.98. The second-order valence-electron chi connectivity index (χ2n) is 6.66. The molecule has 0 unspecified atom stereocenters. The molecule has 1 aliphatic rings. The summed E-state index contributed by atoms with van der Waals surface area (Å²) in [6.07, 6.45) is 1.99. The van der Waals surface area contributed by atoms with Crippen LogP contribution in [0, 0.1) is 6.92 Å². The molecule has 140 valence electrons. The molecule has 2 nitrogen and oxygen atoms in total. The highest BCUT2D eigenvalue weighted by Gasteiger charge is 2.20. The van der Waals surface area contributed by atoms with Gasteiger partial charge in [-0.15, -0.1) is 0 Å². The van der Waals surface area contributed by atoms with Crippen LogP contribution in [0.4, 0.5) is 0 Å². The smallest absolute Gasteiger partial charge is 0.153 e. The van der Waals surface area contributed by atoms with Crippen LogP contribution < -0.4 is 9.47 Å². The molecule has 28 heavy (non-hydrogen) atoms. The molecule has 0 aromatic heterocycles. The van der Waals surface area contributed by atoms with E-state index in [4.69, 9.17) is 21.1 Å². The third-order valence-corrected chi connectivity index (χ3v) is 4.95. The van der Waals surface area contributed by atoms with Crippen molar-refractivity contribution in [3.8, 4) is 11.5 Å². The molecule has 0 aliphatic carbocycles. The average Bonchev–Trinajstić information content (AvgIpc) is 2.86.